The second-order valence-corrected chi connectivity index (χ2v) is 13.2. The van der Waals surface area contributed by atoms with E-state index in [1.165, 1.54) is 6.92 Å². The van der Waals surface area contributed by atoms with Crippen molar-refractivity contribution in [1.82, 2.24) is 4.90 Å². The van der Waals surface area contributed by atoms with E-state index >= 15 is 0 Å². The van der Waals surface area contributed by atoms with Crippen molar-refractivity contribution >= 4 is 32.1 Å². The summed E-state index contributed by atoms with van der Waals surface area (Å²) < 4.78 is 10.9. The summed E-state index contributed by atoms with van der Waals surface area (Å²) in [7, 11) is -2.21. The summed E-state index contributed by atoms with van der Waals surface area (Å²) >= 11 is 0. The Morgan fingerprint density at radius 3 is 2.15 bits per heavy atom. The average molecular weight is 402 g/mol. The summed E-state index contributed by atoms with van der Waals surface area (Å²) in [6.07, 6.45) is -0.573. The highest BCUT2D eigenvalue weighted by atomic mass is 28.4. The van der Waals surface area contributed by atoms with Crippen molar-refractivity contribution in [2.24, 2.45) is 11.8 Å². The summed E-state index contributed by atoms with van der Waals surface area (Å²) in [6, 6.07) is -0.952. The van der Waals surface area contributed by atoms with Crippen LogP contribution in [0.2, 0.25) is 18.1 Å². The van der Waals surface area contributed by atoms with Gasteiger partial charge in [-0.2, -0.15) is 0 Å². The molecular formula is C18H31NO7Si. The number of imide groups is 1. The van der Waals surface area contributed by atoms with E-state index in [1.54, 1.807) is 13.8 Å². The van der Waals surface area contributed by atoms with Gasteiger partial charge >= 0.3 is 17.8 Å². The Bertz CT molecular complexity index is 626. The number of carboxylic acids is 1. The molecule has 27 heavy (non-hydrogen) atoms. The van der Waals surface area contributed by atoms with Gasteiger partial charge in [0.15, 0.2) is 8.32 Å². The molecule has 1 aliphatic heterocycles. The molecule has 0 spiro atoms. The SMILES string of the molecule is CCOC(=O)C(=O)N1C(=O)[C@H]([C@@H](C)O[Si](C)(C)C(C)(C)C)[C@H]1[C@@H](C)C(=O)O. The molecule has 0 saturated carbocycles. The third kappa shape index (κ3) is 4.57. The van der Waals surface area contributed by atoms with Crippen LogP contribution in [0.25, 0.3) is 0 Å². The summed E-state index contributed by atoms with van der Waals surface area (Å²) in [4.78, 5) is 48.9. The Kier molecular flexibility index (Phi) is 6.99. The number of likely N-dealkylation sites (tertiary alicyclic amines) is 1. The first-order chi connectivity index (χ1) is 12.2. The topological polar surface area (TPSA) is 110 Å². The maximum Gasteiger partial charge on any atom is 0.397 e. The molecule has 4 atom stereocenters. The maximum atomic E-state index is 12.7. The molecule has 1 N–H and O–H groups in total. The van der Waals surface area contributed by atoms with Crippen LogP contribution in [0.4, 0.5) is 0 Å². The van der Waals surface area contributed by atoms with E-state index in [-0.39, 0.29) is 11.6 Å². The Hall–Kier alpha value is -1.74. The van der Waals surface area contributed by atoms with Crippen LogP contribution >= 0.6 is 0 Å². The third-order valence-electron chi connectivity index (χ3n) is 5.55. The second-order valence-electron chi connectivity index (χ2n) is 8.46. The first-order valence-corrected chi connectivity index (χ1v) is 12.0. The Morgan fingerprint density at radius 2 is 1.74 bits per heavy atom. The zero-order chi connectivity index (χ0) is 21.3. The smallest absolute Gasteiger partial charge is 0.397 e. The largest absolute Gasteiger partial charge is 0.481 e. The van der Waals surface area contributed by atoms with Crippen molar-refractivity contribution in [2.45, 2.75) is 71.8 Å². The summed E-state index contributed by atoms with van der Waals surface area (Å²) in [5.41, 5.74) is 0. The number of ether oxygens (including phenoxy) is 1. The number of hydrogen-bond donors (Lipinski definition) is 1. The molecule has 0 aromatic carbocycles. The number of esters is 1. The molecule has 1 aliphatic rings. The van der Waals surface area contributed by atoms with E-state index < -0.39 is 56.1 Å². The molecule has 0 unspecified atom stereocenters. The number of amides is 2. The fraction of sp³-hybridized carbons (Fsp3) is 0.778. The van der Waals surface area contributed by atoms with E-state index in [2.05, 4.69) is 25.5 Å². The van der Waals surface area contributed by atoms with Gasteiger partial charge in [0.2, 0.25) is 5.91 Å². The molecule has 1 saturated heterocycles. The lowest BCUT2D eigenvalue weighted by Crippen LogP contribution is -2.71. The fourth-order valence-corrected chi connectivity index (χ4v) is 4.36. The first kappa shape index (κ1) is 23.3. The van der Waals surface area contributed by atoms with Gasteiger partial charge in [0.1, 0.15) is 0 Å². The second kappa shape index (κ2) is 8.10. The molecule has 154 valence electrons. The van der Waals surface area contributed by atoms with Gasteiger partial charge in [-0.15, -0.1) is 0 Å². The van der Waals surface area contributed by atoms with Gasteiger partial charge in [-0.3, -0.25) is 19.3 Å². The fourth-order valence-electron chi connectivity index (χ4n) is 2.93. The minimum atomic E-state index is -2.21. The molecule has 9 heteroatoms. The molecule has 0 radical (unpaired) electrons. The molecular weight excluding hydrogens is 370 g/mol. The molecule has 0 aromatic rings. The molecule has 0 aliphatic carbocycles. The monoisotopic (exact) mass is 401 g/mol. The molecule has 1 heterocycles. The Labute approximate surface area is 161 Å². The number of rotatable bonds is 6. The summed E-state index contributed by atoms with van der Waals surface area (Å²) in [5, 5.41) is 9.31. The number of nitrogens with zero attached hydrogens (tertiary/aromatic N) is 1. The Balaban J connectivity index is 3.13. The van der Waals surface area contributed by atoms with Gasteiger partial charge < -0.3 is 14.3 Å². The van der Waals surface area contributed by atoms with Crippen LogP contribution in [0.5, 0.6) is 0 Å². The highest BCUT2D eigenvalue weighted by molar-refractivity contribution is 6.74. The summed E-state index contributed by atoms with van der Waals surface area (Å²) in [5.74, 6) is -5.88. The molecule has 1 fully saturated rings. The highest BCUT2D eigenvalue weighted by Crippen LogP contribution is 2.42. The minimum Gasteiger partial charge on any atom is -0.481 e. The van der Waals surface area contributed by atoms with Gasteiger partial charge in [0.05, 0.1) is 30.6 Å². The zero-order valence-electron chi connectivity index (χ0n) is 17.4. The van der Waals surface area contributed by atoms with Crippen LogP contribution in [-0.4, -0.2) is 60.8 Å². The lowest BCUT2D eigenvalue weighted by Gasteiger charge is -2.51. The Morgan fingerprint density at radius 1 is 1.22 bits per heavy atom. The number of hydrogen-bond acceptors (Lipinski definition) is 6. The summed E-state index contributed by atoms with van der Waals surface area (Å²) in [6.45, 7) is 14.9. The normalized spacial score (nSPS) is 22.7. The van der Waals surface area contributed by atoms with Crippen LogP contribution in [0.15, 0.2) is 0 Å². The number of β-lactam (4-membered cyclic amide) rings is 1. The van der Waals surface area contributed by atoms with Gasteiger partial charge in [0, 0.05) is 0 Å². The van der Waals surface area contributed by atoms with Crippen LogP contribution in [0.1, 0.15) is 41.5 Å². The van der Waals surface area contributed by atoms with E-state index in [4.69, 9.17) is 4.43 Å². The van der Waals surface area contributed by atoms with Crippen LogP contribution in [0, 0.1) is 11.8 Å². The van der Waals surface area contributed by atoms with Crippen LogP contribution < -0.4 is 0 Å². The molecule has 0 aromatic heterocycles. The van der Waals surface area contributed by atoms with Crippen LogP contribution in [0.3, 0.4) is 0 Å². The van der Waals surface area contributed by atoms with E-state index in [1.807, 2.05) is 13.1 Å². The predicted molar refractivity (Wildman–Crippen MR) is 100 cm³/mol. The van der Waals surface area contributed by atoms with Crippen molar-refractivity contribution in [1.29, 1.82) is 0 Å². The van der Waals surface area contributed by atoms with Crippen molar-refractivity contribution in [3.63, 3.8) is 0 Å². The van der Waals surface area contributed by atoms with Gasteiger partial charge in [0.25, 0.3) is 0 Å². The minimum absolute atomic E-state index is 0.0138. The highest BCUT2D eigenvalue weighted by Gasteiger charge is 2.59. The van der Waals surface area contributed by atoms with E-state index in [0.29, 0.717) is 4.90 Å². The standard InChI is InChI=1S/C18H31NO7Si/c1-9-25-17(24)15(21)19-13(10(2)16(22)23)12(14(19)20)11(3)26-27(7,8)18(4,5)6/h10-13H,9H2,1-8H3,(H,22,23)/t10-,11-,12-,13-/m1/s1. The van der Waals surface area contributed by atoms with Gasteiger partial charge in [-0.1, -0.05) is 20.8 Å². The third-order valence-corrected chi connectivity index (χ3v) is 10.1. The van der Waals surface area contributed by atoms with Crippen molar-refractivity contribution in [3.8, 4) is 0 Å². The quantitative estimate of drug-likeness (QED) is 0.314. The van der Waals surface area contributed by atoms with Crippen molar-refractivity contribution in [3.05, 3.63) is 0 Å². The number of carbonyl (C=O) groups is 4. The molecule has 2 amide bonds. The first-order valence-electron chi connectivity index (χ1n) is 9.12. The van der Waals surface area contributed by atoms with E-state index in [9.17, 15) is 24.3 Å². The molecule has 1 rings (SSSR count). The maximum absolute atomic E-state index is 12.7. The number of aliphatic carboxylic acids is 1. The van der Waals surface area contributed by atoms with E-state index in [0.717, 1.165) is 0 Å². The average Bonchev–Trinajstić information content (AvgIpc) is 2.50. The van der Waals surface area contributed by atoms with Crippen molar-refractivity contribution in [2.75, 3.05) is 6.61 Å². The van der Waals surface area contributed by atoms with Crippen LogP contribution in [-0.2, 0) is 28.3 Å². The van der Waals surface area contributed by atoms with Crippen molar-refractivity contribution < 1.29 is 33.4 Å². The van der Waals surface area contributed by atoms with Gasteiger partial charge in [-0.25, -0.2) is 4.79 Å². The van der Waals surface area contributed by atoms with Gasteiger partial charge in [-0.05, 0) is 38.9 Å². The number of carboxylic acid groups (broad SMARTS) is 1. The predicted octanol–water partition coefficient (Wildman–Crippen LogP) is 2.03. The lowest BCUT2D eigenvalue weighted by molar-refractivity contribution is -0.184. The zero-order valence-corrected chi connectivity index (χ0v) is 18.4. The molecule has 8 nitrogen and oxygen atoms in total. The number of carbonyl (C=O) groups excluding carboxylic acids is 3. The lowest BCUT2D eigenvalue weighted by atomic mass is 9.76. The molecule has 0 bridgehead atoms.